The molecule has 0 radical (unpaired) electrons. The molecule has 6 aromatic rings. The van der Waals surface area contributed by atoms with E-state index in [0.717, 1.165) is 6.42 Å². The normalized spacial score (nSPS) is 21.3. The lowest BCUT2D eigenvalue weighted by Crippen LogP contribution is -2.62. The summed E-state index contributed by atoms with van der Waals surface area (Å²) in [6.07, 6.45) is 5.88. The number of fused-ring (bicyclic) bond motifs is 10. The van der Waals surface area contributed by atoms with Crippen LogP contribution < -0.4 is 26.2 Å². The van der Waals surface area contributed by atoms with Gasteiger partial charge in [-0.05, 0) is 201 Å². The second-order valence-corrected chi connectivity index (χ2v) is 30.7. The van der Waals surface area contributed by atoms with Gasteiger partial charge >= 0.3 is 0 Å². The van der Waals surface area contributed by atoms with Crippen molar-refractivity contribution in [2.24, 2.45) is 0 Å². The van der Waals surface area contributed by atoms with Gasteiger partial charge in [0.1, 0.15) is 0 Å². The Morgan fingerprint density at radius 2 is 0.863 bits per heavy atom. The van der Waals surface area contributed by atoms with Gasteiger partial charge in [0, 0.05) is 33.9 Å². The molecule has 3 heteroatoms. The van der Waals surface area contributed by atoms with Crippen LogP contribution in [0.4, 0.5) is 34.1 Å². The standard InChI is InChI=1S/C70H85BN2/c1-62(2,3)41-24-26-44-45-22-21-23-55(60(45)70(19,20)47(44)32-41)73-57-39-52-50(68(15,16)40-69(52,17)18)37-54(57)71-53-36-49-51(67(13,14)31-30-66(49,11)12)38-56(53)72(58-33-42(63(4,5)6)34-59(73)61(58)71)43-25-27-46-48(35-43)65(9,10)29-28-64(46,7)8/h21-27,32-39H,28-31,40H2,1-20H3. The highest BCUT2D eigenvalue weighted by molar-refractivity contribution is 7.00. The van der Waals surface area contributed by atoms with Gasteiger partial charge in [0.2, 0.25) is 0 Å². The Balaban J connectivity index is 1.23. The summed E-state index contributed by atoms with van der Waals surface area (Å²) >= 11 is 0. The van der Waals surface area contributed by atoms with E-state index >= 15 is 0 Å². The zero-order valence-electron chi connectivity index (χ0n) is 48.7. The minimum Gasteiger partial charge on any atom is -0.311 e. The third-order valence-corrected chi connectivity index (χ3v) is 20.2. The Hall–Kier alpha value is -5.02. The number of anilines is 6. The Kier molecular flexibility index (Phi) is 9.83. The van der Waals surface area contributed by atoms with Gasteiger partial charge in [-0.1, -0.05) is 187 Å². The maximum absolute atomic E-state index is 2.80. The van der Waals surface area contributed by atoms with Crippen LogP contribution in [0.3, 0.4) is 0 Å². The largest absolute Gasteiger partial charge is 0.311 e. The fourth-order valence-corrected chi connectivity index (χ4v) is 15.7. The first-order chi connectivity index (χ1) is 33.7. The topological polar surface area (TPSA) is 6.48 Å². The van der Waals surface area contributed by atoms with E-state index in [1.165, 1.54) is 143 Å². The van der Waals surface area contributed by atoms with E-state index in [9.17, 15) is 0 Å². The Morgan fingerprint density at radius 3 is 1.42 bits per heavy atom. The van der Waals surface area contributed by atoms with Crippen LogP contribution >= 0.6 is 0 Å². The van der Waals surface area contributed by atoms with Crippen molar-refractivity contribution in [3.63, 3.8) is 0 Å². The van der Waals surface area contributed by atoms with E-state index in [-0.39, 0.29) is 55.4 Å². The summed E-state index contributed by atoms with van der Waals surface area (Å²) in [6, 6.07) is 38.4. The van der Waals surface area contributed by atoms with Crippen molar-refractivity contribution < 1.29 is 0 Å². The highest BCUT2D eigenvalue weighted by atomic mass is 15.2. The molecule has 0 fully saturated rings. The van der Waals surface area contributed by atoms with E-state index in [0.29, 0.717) is 0 Å². The highest BCUT2D eigenvalue weighted by Crippen LogP contribution is 2.59. The zero-order valence-corrected chi connectivity index (χ0v) is 48.7. The molecule has 0 saturated heterocycles. The summed E-state index contributed by atoms with van der Waals surface area (Å²) in [5.41, 5.74) is 29.9. The monoisotopic (exact) mass is 965 g/mol. The first-order valence-corrected chi connectivity index (χ1v) is 28.3. The van der Waals surface area contributed by atoms with Crippen molar-refractivity contribution in [3.8, 4) is 11.1 Å². The number of rotatable bonds is 2. The number of hydrogen-bond donors (Lipinski definition) is 0. The number of nitrogens with zero attached hydrogens (tertiary/aromatic N) is 2. The van der Waals surface area contributed by atoms with Crippen LogP contribution in [-0.2, 0) is 48.7 Å². The molecule has 0 atom stereocenters. The molecule has 0 amide bonds. The minimum atomic E-state index is -0.237. The quantitative estimate of drug-likeness (QED) is 0.159. The zero-order chi connectivity index (χ0) is 52.5. The summed E-state index contributed by atoms with van der Waals surface area (Å²) in [5.74, 6) is 0. The average molecular weight is 965 g/mol. The molecule has 12 rings (SSSR count). The molecule has 4 aliphatic carbocycles. The summed E-state index contributed by atoms with van der Waals surface area (Å²) in [7, 11) is 0. The maximum Gasteiger partial charge on any atom is 0.252 e. The van der Waals surface area contributed by atoms with E-state index < -0.39 is 0 Å². The van der Waals surface area contributed by atoms with Gasteiger partial charge < -0.3 is 9.80 Å². The van der Waals surface area contributed by atoms with E-state index in [1.54, 1.807) is 0 Å². The molecule has 378 valence electrons. The van der Waals surface area contributed by atoms with Crippen LogP contribution in [0.5, 0.6) is 0 Å². The molecule has 2 aliphatic heterocycles. The Morgan fingerprint density at radius 1 is 0.384 bits per heavy atom. The van der Waals surface area contributed by atoms with Crippen LogP contribution in [0.25, 0.3) is 11.1 Å². The maximum atomic E-state index is 2.80. The van der Waals surface area contributed by atoms with Crippen molar-refractivity contribution in [1.82, 2.24) is 0 Å². The molecule has 0 spiro atoms. The van der Waals surface area contributed by atoms with Crippen molar-refractivity contribution in [2.75, 3.05) is 9.80 Å². The van der Waals surface area contributed by atoms with Gasteiger partial charge in [0.25, 0.3) is 6.71 Å². The van der Waals surface area contributed by atoms with E-state index in [1.807, 2.05) is 0 Å². The van der Waals surface area contributed by atoms with Crippen molar-refractivity contribution in [3.05, 3.63) is 147 Å². The molecule has 0 N–H and O–H groups in total. The molecule has 2 heterocycles. The van der Waals surface area contributed by atoms with E-state index in [4.69, 9.17) is 0 Å². The lowest BCUT2D eigenvalue weighted by Gasteiger charge is -2.49. The van der Waals surface area contributed by atoms with Gasteiger partial charge in [-0.15, -0.1) is 0 Å². The summed E-state index contributed by atoms with van der Waals surface area (Å²) < 4.78 is 0. The molecule has 0 bridgehead atoms. The second kappa shape index (κ2) is 14.7. The van der Waals surface area contributed by atoms with Crippen LogP contribution in [0.1, 0.15) is 226 Å². The lowest BCUT2D eigenvalue weighted by atomic mass is 9.32. The predicted octanol–water partition coefficient (Wildman–Crippen LogP) is 17.3. The summed E-state index contributed by atoms with van der Waals surface area (Å²) in [4.78, 5) is 5.56. The van der Waals surface area contributed by atoms with Crippen LogP contribution in [-0.4, -0.2) is 6.71 Å². The van der Waals surface area contributed by atoms with Crippen molar-refractivity contribution in [1.29, 1.82) is 0 Å². The second-order valence-electron chi connectivity index (χ2n) is 30.7. The summed E-state index contributed by atoms with van der Waals surface area (Å²) in [5, 5.41) is 0. The molecule has 2 nitrogen and oxygen atoms in total. The molecule has 0 unspecified atom stereocenters. The molecule has 6 aromatic carbocycles. The van der Waals surface area contributed by atoms with Gasteiger partial charge in [-0.3, -0.25) is 0 Å². The van der Waals surface area contributed by atoms with Crippen LogP contribution in [0.2, 0.25) is 0 Å². The molecule has 0 aromatic heterocycles. The third-order valence-electron chi connectivity index (χ3n) is 20.2. The average Bonchev–Trinajstić information content (AvgIpc) is 3.64. The fourth-order valence-electron chi connectivity index (χ4n) is 15.7. The molecular formula is C70H85BN2. The highest BCUT2D eigenvalue weighted by Gasteiger charge is 2.51. The Labute approximate surface area is 441 Å². The van der Waals surface area contributed by atoms with Crippen molar-refractivity contribution in [2.45, 2.75) is 219 Å². The Bertz CT molecular complexity index is 3390. The van der Waals surface area contributed by atoms with Gasteiger partial charge in [-0.25, -0.2) is 0 Å². The molecule has 73 heavy (non-hydrogen) atoms. The van der Waals surface area contributed by atoms with Crippen molar-refractivity contribution >= 4 is 57.2 Å². The molecule has 6 aliphatic rings. The number of hydrogen-bond acceptors (Lipinski definition) is 2. The molecular weight excluding hydrogens is 880 g/mol. The third kappa shape index (κ3) is 6.87. The summed E-state index contributed by atoms with van der Waals surface area (Å²) in [6.45, 7) is 49.4. The molecule has 0 saturated carbocycles. The first kappa shape index (κ1) is 48.9. The van der Waals surface area contributed by atoms with Crippen LogP contribution in [0, 0.1) is 0 Å². The smallest absolute Gasteiger partial charge is 0.252 e. The fraction of sp³-hybridized carbons (Fsp3) is 0.486. The lowest BCUT2D eigenvalue weighted by molar-refractivity contribution is 0.332. The number of benzene rings is 6. The van der Waals surface area contributed by atoms with Crippen LogP contribution in [0.15, 0.2) is 91.0 Å². The SMILES string of the molecule is CC(C)(C)c1cc2c3c(c1)N(c1cccc4c1C(C)(C)c1cc(C(C)(C)C)ccc1-4)c1cc4c(cc1B3c1cc3c(cc1N2c1ccc2c(c1)C(C)(C)CCC2(C)C)C(C)(C)CCC3(C)C)C(C)(C)CC4(C)C. The predicted molar refractivity (Wildman–Crippen MR) is 317 cm³/mol. The van der Waals surface area contributed by atoms with E-state index in [2.05, 4.69) is 239 Å². The van der Waals surface area contributed by atoms with Gasteiger partial charge in [0.15, 0.2) is 0 Å². The van der Waals surface area contributed by atoms with Gasteiger partial charge in [0.05, 0.1) is 5.69 Å². The van der Waals surface area contributed by atoms with Gasteiger partial charge in [-0.2, -0.15) is 0 Å². The minimum absolute atomic E-state index is 0.0282. The first-order valence-electron chi connectivity index (χ1n) is 28.3.